The van der Waals surface area contributed by atoms with E-state index in [2.05, 4.69) is 10.0 Å². The highest BCUT2D eigenvalue weighted by molar-refractivity contribution is 7.92. The van der Waals surface area contributed by atoms with Gasteiger partial charge in [0.2, 0.25) is 0 Å². The van der Waals surface area contributed by atoms with Crippen LogP contribution in [0.25, 0.3) is 0 Å². The van der Waals surface area contributed by atoms with Gasteiger partial charge in [0.1, 0.15) is 5.75 Å². The van der Waals surface area contributed by atoms with Crippen LogP contribution in [0.3, 0.4) is 0 Å². The standard InChI is InChI=1S/C22H20Cl2N2O4S/c1-14-4-3-5-20(10-14)30-15(2)22(27)25-18-6-8-21(9-7-18)31(28,29)26-19-12-16(23)11-17(24)13-19/h3-13,15,26H,1-2H3,(H,25,27)/t15-/m0/s1. The molecule has 0 bridgehead atoms. The molecule has 31 heavy (non-hydrogen) atoms. The van der Waals surface area contributed by atoms with Gasteiger partial charge in [0.05, 0.1) is 10.6 Å². The molecule has 0 aliphatic carbocycles. The van der Waals surface area contributed by atoms with E-state index in [9.17, 15) is 13.2 Å². The first-order chi connectivity index (χ1) is 14.6. The second-order valence-corrected chi connectivity index (χ2v) is 9.41. The molecule has 162 valence electrons. The Kier molecular flexibility index (Phi) is 7.10. The van der Waals surface area contributed by atoms with Crippen LogP contribution in [0.15, 0.2) is 71.6 Å². The number of halogens is 2. The molecule has 1 atom stereocenters. The summed E-state index contributed by atoms with van der Waals surface area (Å²) in [6, 6.07) is 17.6. The molecular formula is C22H20Cl2N2O4S. The van der Waals surface area contributed by atoms with Crippen molar-refractivity contribution in [1.82, 2.24) is 0 Å². The zero-order chi connectivity index (χ0) is 22.6. The number of benzene rings is 3. The van der Waals surface area contributed by atoms with Gasteiger partial charge in [-0.05, 0) is 74.0 Å². The Balaban J connectivity index is 1.65. The molecule has 0 heterocycles. The molecule has 3 rings (SSSR count). The Bertz CT molecular complexity index is 1180. The molecule has 6 nitrogen and oxygen atoms in total. The van der Waals surface area contributed by atoms with Crippen molar-refractivity contribution in [2.75, 3.05) is 10.0 Å². The maximum atomic E-state index is 12.6. The van der Waals surface area contributed by atoms with Gasteiger partial charge in [-0.3, -0.25) is 9.52 Å². The van der Waals surface area contributed by atoms with E-state index in [0.29, 0.717) is 21.5 Å². The largest absolute Gasteiger partial charge is 0.481 e. The molecule has 0 saturated carbocycles. The number of sulfonamides is 1. The van der Waals surface area contributed by atoms with Gasteiger partial charge >= 0.3 is 0 Å². The van der Waals surface area contributed by atoms with E-state index in [1.54, 1.807) is 13.0 Å². The summed E-state index contributed by atoms with van der Waals surface area (Å²) in [5.41, 5.74) is 1.71. The fraction of sp³-hybridized carbons (Fsp3) is 0.136. The summed E-state index contributed by atoms with van der Waals surface area (Å²) in [4.78, 5) is 12.4. The number of rotatable bonds is 7. The van der Waals surface area contributed by atoms with E-state index in [-0.39, 0.29) is 16.5 Å². The van der Waals surface area contributed by atoms with E-state index >= 15 is 0 Å². The third-order valence-electron chi connectivity index (χ3n) is 4.22. The quantitative estimate of drug-likeness (QED) is 0.468. The number of carbonyl (C=O) groups excluding carboxylic acids is 1. The molecule has 0 aliphatic heterocycles. The first-order valence-corrected chi connectivity index (χ1v) is 11.5. The third-order valence-corrected chi connectivity index (χ3v) is 6.05. The SMILES string of the molecule is Cc1cccc(O[C@@H](C)C(=O)Nc2ccc(S(=O)(=O)Nc3cc(Cl)cc(Cl)c3)cc2)c1. The van der Waals surface area contributed by atoms with E-state index in [4.69, 9.17) is 27.9 Å². The van der Waals surface area contributed by atoms with Crippen LogP contribution < -0.4 is 14.8 Å². The molecule has 0 fully saturated rings. The second-order valence-electron chi connectivity index (χ2n) is 6.85. The lowest BCUT2D eigenvalue weighted by Crippen LogP contribution is -2.30. The van der Waals surface area contributed by atoms with Crippen LogP contribution in [0.1, 0.15) is 12.5 Å². The number of amides is 1. The summed E-state index contributed by atoms with van der Waals surface area (Å²) in [7, 11) is -3.86. The molecule has 0 spiro atoms. The van der Waals surface area contributed by atoms with Crippen LogP contribution in [0.5, 0.6) is 5.75 Å². The molecule has 0 saturated heterocycles. The molecule has 9 heteroatoms. The van der Waals surface area contributed by atoms with Crippen molar-refractivity contribution < 1.29 is 17.9 Å². The summed E-state index contributed by atoms with van der Waals surface area (Å²) < 4.78 is 33.3. The number of hydrogen-bond donors (Lipinski definition) is 2. The topological polar surface area (TPSA) is 84.5 Å². The van der Waals surface area contributed by atoms with Gasteiger partial charge in [-0.1, -0.05) is 35.3 Å². The van der Waals surface area contributed by atoms with Gasteiger partial charge in [-0.15, -0.1) is 0 Å². The number of aryl methyl sites for hydroxylation is 1. The highest BCUT2D eigenvalue weighted by atomic mass is 35.5. The summed E-state index contributed by atoms with van der Waals surface area (Å²) >= 11 is 11.8. The minimum absolute atomic E-state index is 0.0191. The normalized spacial score (nSPS) is 12.1. The van der Waals surface area contributed by atoms with Crippen LogP contribution in [0.2, 0.25) is 10.0 Å². The van der Waals surface area contributed by atoms with E-state index in [1.807, 2.05) is 25.1 Å². The van der Waals surface area contributed by atoms with Crippen LogP contribution in [-0.2, 0) is 14.8 Å². The zero-order valence-corrected chi connectivity index (χ0v) is 19.1. The van der Waals surface area contributed by atoms with Crippen LogP contribution >= 0.6 is 23.2 Å². The first kappa shape index (κ1) is 22.9. The minimum atomic E-state index is -3.86. The minimum Gasteiger partial charge on any atom is -0.481 e. The summed E-state index contributed by atoms with van der Waals surface area (Å²) in [5.74, 6) is 0.236. The molecule has 0 aliphatic rings. The van der Waals surface area contributed by atoms with Crippen LogP contribution in [0.4, 0.5) is 11.4 Å². The summed E-state index contributed by atoms with van der Waals surface area (Å²) in [6.07, 6.45) is -0.737. The average Bonchev–Trinajstić information content (AvgIpc) is 2.67. The van der Waals surface area contributed by atoms with E-state index < -0.39 is 16.1 Å². The Morgan fingerprint density at radius 1 is 0.935 bits per heavy atom. The predicted molar refractivity (Wildman–Crippen MR) is 124 cm³/mol. The highest BCUT2D eigenvalue weighted by Crippen LogP contribution is 2.25. The Morgan fingerprint density at radius 2 is 1.58 bits per heavy atom. The fourth-order valence-corrected chi connectivity index (χ4v) is 4.30. The summed E-state index contributed by atoms with van der Waals surface area (Å²) in [5, 5.41) is 3.33. The van der Waals surface area contributed by atoms with Crippen molar-refractivity contribution in [1.29, 1.82) is 0 Å². The van der Waals surface area contributed by atoms with Gasteiger partial charge in [0.15, 0.2) is 6.10 Å². The van der Waals surface area contributed by atoms with Gasteiger partial charge < -0.3 is 10.1 Å². The molecule has 0 aromatic heterocycles. The maximum absolute atomic E-state index is 12.6. The third kappa shape index (κ3) is 6.37. The number of nitrogens with one attached hydrogen (secondary N) is 2. The average molecular weight is 479 g/mol. The molecule has 2 N–H and O–H groups in total. The Hall–Kier alpha value is -2.74. The van der Waals surface area contributed by atoms with Gasteiger partial charge in [-0.25, -0.2) is 8.42 Å². The van der Waals surface area contributed by atoms with Crippen molar-refractivity contribution in [3.63, 3.8) is 0 Å². The first-order valence-electron chi connectivity index (χ1n) is 9.25. The highest BCUT2D eigenvalue weighted by Gasteiger charge is 2.17. The lowest BCUT2D eigenvalue weighted by molar-refractivity contribution is -0.122. The fourth-order valence-electron chi connectivity index (χ4n) is 2.73. The van der Waals surface area contributed by atoms with Gasteiger partial charge in [0, 0.05) is 15.7 Å². The van der Waals surface area contributed by atoms with Crippen molar-refractivity contribution >= 4 is 50.5 Å². The van der Waals surface area contributed by atoms with Crippen molar-refractivity contribution in [3.05, 3.63) is 82.3 Å². The molecule has 3 aromatic carbocycles. The van der Waals surface area contributed by atoms with E-state index in [0.717, 1.165) is 5.56 Å². The second kappa shape index (κ2) is 9.60. The molecule has 3 aromatic rings. The monoisotopic (exact) mass is 478 g/mol. The number of hydrogen-bond acceptors (Lipinski definition) is 4. The van der Waals surface area contributed by atoms with Gasteiger partial charge in [-0.2, -0.15) is 0 Å². The molecule has 0 unspecified atom stereocenters. The van der Waals surface area contributed by atoms with Gasteiger partial charge in [0.25, 0.3) is 15.9 Å². The number of anilines is 2. The number of ether oxygens (including phenoxy) is 1. The van der Waals surface area contributed by atoms with E-state index in [1.165, 1.54) is 42.5 Å². The zero-order valence-electron chi connectivity index (χ0n) is 16.7. The predicted octanol–water partition coefficient (Wildman–Crippen LogP) is 5.51. The molecular weight excluding hydrogens is 459 g/mol. The molecule has 0 radical (unpaired) electrons. The van der Waals surface area contributed by atoms with Crippen molar-refractivity contribution in [2.45, 2.75) is 24.8 Å². The smallest absolute Gasteiger partial charge is 0.265 e. The van der Waals surface area contributed by atoms with Crippen LogP contribution in [0, 0.1) is 6.92 Å². The Labute approximate surface area is 191 Å². The van der Waals surface area contributed by atoms with Crippen LogP contribution in [-0.4, -0.2) is 20.4 Å². The summed E-state index contributed by atoms with van der Waals surface area (Å²) in [6.45, 7) is 3.57. The number of carbonyl (C=O) groups is 1. The molecule has 1 amide bonds. The lowest BCUT2D eigenvalue weighted by atomic mass is 10.2. The lowest BCUT2D eigenvalue weighted by Gasteiger charge is -2.15. The Morgan fingerprint density at radius 3 is 2.19 bits per heavy atom. The maximum Gasteiger partial charge on any atom is 0.265 e. The van der Waals surface area contributed by atoms with Crippen molar-refractivity contribution in [2.24, 2.45) is 0 Å². The van der Waals surface area contributed by atoms with Crippen molar-refractivity contribution in [3.8, 4) is 5.75 Å².